The summed E-state index contributed by atoms with van der Waals surface area (Å²) in [5.41, 5.74) is 5.90. The molecule has 1 aromatic carbocycles. The smallest absolute Gasteiger partial charge is 0.258 e. The van der Waals surface area contributed by atoms with Gasteiger partial charge in [0.25, 0.3) is 11.5 Å². The molecule has 1 heterocycles. The number of amides is 3. The minimum atomic E-state index is -0.529. The summed E-state index contributed by atoms with van der Waals surface area (Å²) in [6.07, 6.45) is 1.48. The fourth-order valence-corrected chi connectivity index (χ4v) is 2.73. The van der Waals surface area contributed by atoms with Crippen LogP contribution in [-0.2, 0) is 20.9 Å². The summed E-state index contributed by atoms with van der Waals surface area (Å²) in [5.74, 6) is -1.08. The van der Waals surface area contributed by atoms with Crippen LogP contribution >= 0.6 is 11.8 Å². The average Bonchev–Trinajstić information content (AvgIpc) is 2.62. The number of carbonyl (C=O) groups is 3. The molecule has 1 aromatic heterocycles. The Balaban J connectivity index is 1.64. The van der Waals surface area contributed by atoms with Crippen molar-refractivity contribution in [2.75, 3.05) is 16.8 Å². The second kappa shape index (κ2) is 10.2. The van der Waals surface area contributed by atoms with Crippen LogP contribution in [0.25, 0.3) is 0 Å². The second-order valence-electron chi connectivity index (χ2n) is 5.67. The van der Waals surface area contributed by atoms with E-state index < -0.39 is 11.8 Å². The summed E-state index contributed by atoms with van der Waals surface area (Å²) >= 11 is 1.12. The van der Waals surface area contributed by atoms with Crippen LogP contribution < -0.4 is 21.7 Å². The maximum Gasteiger partial charge on any atom is 0.258 e. The molecule has 0 aliphatic rings. The predicted molar refractivity (Wildman–Crippen MR) is 104 cm³/mol. The van der Waals surface area contributed by atoms with E-state index in [-0.39, 0.29) is 29.5 Å². The number of anilines is 1. The van der Waals surface area contributed by atoms with E-state index in [0.717, 1.165) is 17.3 Å². The van der Waals surface area contributed by atoms with Gasteiger partial charge in [-0.1, -0.05) is 18.2 Å². The normalized spacial score (nSPS) is 10.1. The minimum absolute atomic E-state index is 0.00675. The molecule has 3 N–H and O–H groups in total. The predicted octanol–water partition coefficient (Wildman–Crippen LogP) is 0.676. The zero-order valence-corrected chi connectivity index (χ0v) is 15.5. The van der Waals surface area contributed by atoms with E-state index in [1.165, 1.54) is 16.8 Å². The number of nitrogens with zero attached hydrogens (tertiary/aromatic N) is 1. The molecule has 142 valence electrons. The van der Waals surface area contributed by atoms with Crippen molar-refractivity contribution in [3.05, 3.63) is 64.6 Å². The van der Waals surface area contributed by atoms with Crippen molar-refractivity contribution >= 4 is 35.2 Å². The number of rotatable bonds is 7. The number of hydrazine groups is 1. The van der Waals surface area contributed by atoms with Crippen LogP contribution in [0, 0.1) is 6.92 Å². The van der Waals surface area contributed by atoms with Gasteiger partial charge in [0, 0.05) is 18.0 Å². The Morgan fingerprint density at radius 2 is 1.70 bits per heavy atom. The summed E-state index contributed by atoms with van der Waals surface area (Å²) in [6, 6.07) is 12.0. The Morgan fingerprint density at radius 3 is 2.44 bits per heavy atom. The number of aromatic nitrogens is 1. The highest BCUT2D eigenvalue weighted by Crippen LogP contribution is 2.10. The zero-order valence-electron chi connectivity index (χ0n) is 14.7. The lowest BCUT2D eigenvalue weighted by molar-refractivity contribution is -0.128. The highest BCUT2D eigenvalue weighted by atomic mass is 32.2. The van der Waals surface area contributed by atoms with Gasteiger partial charge in [0.1, 0.15) is 6.54 Å². The Bertz CT molecular complexity index is 881. The number of carbonyl (C=O) groups excluding carboxylic acids is 3. The lowest BCUT2D eigenvalue weighted by Crippen LogP contribution is -2.44. The minimum Gasteiger partial charge on any atom is -0.325 e. The first-order valence-electron chi connectivity index (χ1n) is 8.11. The molecule has 8 nitrogen and oxygen atoms in total. The van der Waals surface area contributed by atoms with E-state index in [0.29, 0.717) is 5.69 Å². The molecule has 0 aliphatic heterocycles. The summed E-state index contributed by atoms with van der Waals surface area (Å²) in [7, 11) is 0. The highest BCUT2D eigenvalue weighted by Gasteiger charge is 2.08. The standard InChI is InChI=1S/C18H20N4O4S/c1-13-5-4-6-14(9-13)19-16(24)11-27-12-17(25)21-20-15(23)10-22-8-3-2-7-18(22)26/h2-9H,10-12H2,1H3,(H,19,24)(H,20,23)(H,21,25). The Labute approximate surface area is 160 Å². The molecule has 0 aliphatic carbocycles. The van der Waals surface area contributed by atoms with Gasteiger partial charge in [0.05, 0.1) is 11.5 Å². The van der Waals surface area contributed by atoms with Gasteiger partial charge in [0.2, 0.25) is 11.8 Å². The van der Waals surface area contributed by atoms with Gasteiger partial charge in [-0.3, -0.25) is 30.0 Å². The molecular weight excluding hydrogens is 368 g/mol. The lowest BCUT2D eigenvalue weighted by atomic mass is 10.2. The van der Waals surface area contributed by atoms with Crippen LogP contribution in [0.5, 0.6) is 0 Å². The molecule has 0 saturated heterocycles. The van der Waals surface area contributed by atoms with Crippen LogP contribution in [0.15, 0.2) is 53.5 Å². The summed E-state index contributed by atoms with van der Waals surface area (Å²) in [6.45, 7) is 1.73. The fraction of sp³-hybridized carbons (Fsp3) is 0.222. The van der Waals surface area contributed by atoms with Crippen LogP contribution in [0.1, 0.15) is 5.56 Å². The van der Waals surface area contributed by atoms with E-state index in [1.807, 2.05) is 25.1 Å². The first kappa shape index (κ1) is 20.2. The van der Waals surface area contributed by atoms with Crippen molar-refractivity contribution in [2.45, 2.75) is 13.5 Å². The monoisotopic (exact) mass is 388 g/mol. The molecule has 0 saturated carbocycles. The Morgan fingerprint density at radius 1 is 0.963 bits per heavy atom. The molecule has 0 atom stereocenters. The molecule has 9 heteroatoms. The number of nitrogens with one attached hydrogen (secondary N) is 3. The van der Waals surface area contributed by atoms with Gasteiger partial charge in [-0.15, -0.1) is 11.8 Å². The number of aryl methyl sites for hydroxylation is 1. The molecule has 2 aromatic rings. The summed E-state index contributed by atoms with van der Waals surface area (Å²) in [4.78, 5) is 46.8. The number of pyridine rings is 1. The average molecular weight is 388 g/mol. The van der Waals surface area contributed by atoms with E-state index in [2.05, 4.69) is 16.2 Å². The third-order valence-electron chi connectivity index (χ3n) is 3.32. The maximum absolute atomic E-state index is 11.8. The van der Waals surface area contributed by atoms with Gasteiger partial charge in [0.15, 0.2) is 0 Å². The van der Waals surface area contributed by atoms with Gasteiger partial charge >= 0.3 is 0 Å². The van der Waals surface area contributed by atoms with Crippen LogP contribution in [0.4, 0.5) is 5.69 Å². The first-order valence-corrected chi connectivity index (χ1v) is 9.27. The number of hydrogen-bond donors (Lipinski definition) is 3. The van der Waals surface area contributed by atoms with Crippen LogP contribution in [-0.4, -0.2) is 33.8 Å². The van der Waals surface area contributed by atoms with Gasteiger partial charge in [-0.05, 0) is 30.7 Å². The molecule has 3 amide bonds. The SMILES string of the molecule is Cc1cccc(NC(=O)CSCC(=O)NNC(=O)Cn2ccccc2=O)c1. The Hall–Kier alpha value is -3.07. The molecule has 0 bridgehead atoms. The third kappa shape index (κ3) is 7.37. The summed E-state index contributed by atoms with van der Waals surface area (Å²) < 4.78 is 1.21. The molecule has 0 fully saturated rings. The first-order chi connectivity index (χ1) is 12.9. The quantitative estimate of drug-likeness (QED) is 0.604. The maximum atomic E-state index is 11.8. The van der Waals surface area contributed by atoms with Gasteiger partial charge in [-0.25, -0.2) is 0 Å². The lowest BCUT2D eigenvalue weighted by Gasteiger charge is -2.09. The van der Waals surface area contributed by atoms with Crippen molar-refractivity contribution in [3.63, 3.8) is 0 Å². The van der Waals surface area contributed by atoms with E-state index in [1.54, 1.807) is 18.2 Å². The molecule has 2 rings (SSSR count). The number of benzene rings is 1. The van der Waals surface area contributed by atoms with Crippen molar-refractivity contribution in [1.82, 2.24) is 15.4 Å². The van der Waals surface area contributed by atoms with Gasteiger partial charge < -0.3 is 9.88 Å². The highest BCUT2D eigenvalue weighted by molar-refractivity contribution is 8.00. The van der Waals surface area contributed by atoms with E-state index in [9.17, 15) is 19.2 Å². The van der Waals surface area contributed by atoms with Crippen molar-refractivity contribution in [1.29, 1.82) is 0 Å². The number of thioether (sulfide) groups is 1. The fourth-order valence-electron chi connectivity index (χ4n) is 2.12. The second-order valence-corrected chi connectivity index (χ2v) is 6.66. The van der Waals surface area contributed by atoms with Gasteiger partial charge in [-0.2, -0.15) is 0 Å². The van der Waals surface area contributed by atoms with Crippen molar-refractivity contribution < 1.29 is 14.4 Å². The molecular formula is C18H20N4O4S. The molecule has 0 spiro atoms. The molecule has 0 radical (unpaired) electrons. The van der Waals surface area contributed by atoms with E-state index >= 15 is 0 Å². The van der Waals surface area contributed by atoms with Crippen molar-refractivity contribution in [2.24, 2.45) is 0 Å². The zero-order chi connectivity index (χ0) is 19.6. The van der Waals surface area contributed by atoms with Crippen molar-refractivity contribution in [3.8, 4) is 0 Å². The number of hydrogen-bond acceptors (Lipinski definition) is 5. The largest absolute Gasteiger partial charge is 0.325 e. The van der Waals surface area contributed by atoms with E-state index in [4.69, 9.17) is 0 Å². The third-order valence-corrected chi connectivity index (χ3v) is 4.26. The molecule has 0 unspecified atom stereocenters. The Kier molecular flexibility index (Phi) is 7.63. The summed E-state index contributed by atoms with van der Waals surface area (Å²) in [5, 5.41) is 2.75. The molecule has 27 heavy (non-hydrogen) atoms. The topological polar surface area (TPSA) is 109 Å². The van der Waals surface area contributed by atoms with Crippen LogP contribution in [0.3, 0.4) is 0 Å². The van der Waals surface area contributed by atoms with Crippen LogP contribution in [0.2, 0.25) is 0 Å².